The lowest BCUT2D eigenvalue weighted by Gasteiger charge is -2.32. The predicted molar refractivity (Wildman–Crippen MR) is 81.6 cm³/mol. The Morgan fingerprint density at radius 3 is 1.18 bits per heavy atom. The molecular weight excluding hydrogens is 284 g/mol. The summed E-state index contributed by atoms with van der Waals surface area (Å²) in [5.74, 6) is 0. The Morgan fingerprint density at radius 1 is 0.682 bits per heavy atom. The lowest BCUT2D eigenvalue weighted by molar-refractivity contribution is -0.696. The standard InChI is InChI=1S/C16H16N2O4/c1-15(17(19)20,13-9-5-3-6-10-13)16(2,18(21)22)14-11-7-4-8-12-14/h3-12H,1-2H3. The maximum atomic E-state index is 11.8. The van der Waals surface area contributed by atoms with E-state index in [0.29, 0.717) is 11.1 Å². The van der Waals surface area contributed by atoms with Gasteiger partial charge in [-0.05, 0) is 0 Å². The third-order valence-electron chi connectivity index (χ3n) is 4.35. The fourth-order valence-electron chi connectivity index (χ4n) is 2.65. The highest BCUT2D eigenvalue weighted by Gasteiger charge is 2.66. The van der Waals surface area contributed by atoms with Crippen molar-refractivity contribution in [3.8, 4) is 0 Å². The number of hydrogen-bond donors (Lipinski definition) is 0. The molecular formula is C16H16N2O4. The second kappa shape index (κ2) is 5.55. The van der Waals surface area contributed by atoms with Gasteiger partial charge in [0.25, 0.3) is 0 Å². The molecule has 0 aliphatic heterocycles. The maximum Gasteiger partial charge on any atom is 0.316 e. The molecule has 2 aromatic rings. The van der Waals surface area contributed by atoms with E-state index in [9.17, 15) is 20.2 Å². The van der Waals surface area contributed by atoms with Crippen molar-refractivity contribution in [3.05, 3.63) is 92.0 Å². The third-order valence-corrected chi connectivity index (χ3v) is 4.35. The summed E-state index contributed by atoms with van der Waals surface area (Å²) in [6.45, 7) is 2.61. The number of hydrogen-bond acceptors (Lipinski definition) is 4. The second-order valence-corrected chi connectivity index (χ2v) is 5.39. The highest BCUT2D eigenvalue weighted by atomic mass is 16.6. The zero-order chi connectivity index (χ0) is 16.4. The Labute approximate surface area is 127 Å². The molecule has 0 aliphatic carbocycles. The van der Waals surface area contributed by atoms with Crippen LogP contribution in [0.2, 0.25) is 0 Å². The van der Waals surface area contributed by atoms with Crippen LogP contribution < -0.4 is 0 Å². The van der Waals surface area contributed by atoms with Gasteiger partial charge in [0.15, 0.2) is 0 Å². The monoisotopic (exact) mass is 300 g/mol. The third kappa shape index (κ3) is 2.13. The first-order valence-corrected chi connectivity index (χ1v) is 6.75. The molecule has 6 heteroatoms. The molecule has 6 nitrogen and oxygen atoms in total. The normalized spacial score (nSPS) is 16.3. The summed E-state index contributed by atoms with van der Waals surface area (Å²) in [5.41, 5.74) is -3.22. The van der Waals surface area contributed by atoms with Crippen LogP contribution >= 0.6 is 0 Å². The average molecular weight is 300 g/mol. The van der Waals surface area contributed by atoms with Crippen molar-refractivity contribution in [3.63, 3.8) is 0 Å². The first-order chi connectivity index (χ1) is 10.3. The summed E-state index contributed by atoms with van der Waals surface area (Å²) in [4.78, 5) is 22.6. The minimum Gasteiger partial charge on any atom is -0.263 e. The Kier molecular flexibility index (Phi) is 3.95. The van der Waals surface area contributed by atoms with Gasteiger partial charge in [-0.2, -0.15) is 0 Å². The van der Waals surface area contributed by atoms with Crippen molar-refractivity contribution >= 4 is 0 Å². The van der Waals surface area contributed by atoms with E-state index < -0.39 is 20.9 Å². The van der Waals surface area contributed by atoms with Gasteiger partial charge in [-0.25, -0.2) is 0 Å². The Hall–Kier alpha value is -2.76. The Balaban J connectivity index is 2.78. The minimum absolute atomic E-state index is 0.294. The zero-order valence-corrected chi connectivity index (χ0v) is 12.3. The van der Waals surface area contributed by atoms with Gasteiger partial charge in [-0.1, -0.05) is 60.7 Å². The van der Waals surface area contributed by atoms with Crippen LogP contribution in [0.1, 0.15) is 25.0 Å². The van der Waals surface area contributed by atoms with Crippen molar-refractivity contribution < 1.29 is 9.85 Å². The number of nitro groups is 2. The van der Waals surface area contributed by atoms with Gasteiger partial charge in [0.05, 0.1) is 0 Å². The molecule has 0 bridgehead atoms. The van der Waals surface area contributed by atoms with E-state index in [1.54, 1.807) is 60.7 Å². The Bertz CT molecular complexity index is 628. The summed E-state index contributed by atoms with van der Waals surface area (Å²) in [5, 5.41) is 23.7. The van der Waals surface area contributed by atoms with Crippen LogP contribution in [-0.4, -0.2) is 9.85 Å². The van der Waals surface area contributed by atoms with E-state index in [-0.39, 0.29) is 0 Å². The zero-order valence-electron chi connectivity index (χ0n) is 12.3. The first-order valence-electron chi connectivity index (χ1n) is 6.75. The topological polar surface area (TPSA) is 86.3 Å². The summed E-state index contributed by atoms with van der Waals surface area (Å²) in [6, 6.07) is 16.2. The minimum atomic E-state index is -1.90. The molecule has 0 aromatic heterocycles. The predicted octanol–water partition coefficient (Wildman–Crippen LogP) is 3.37. The van der Waals surface area contributed by atoms with Crippen LogP contribution in [0.15, 0.2) is 60.7 Å². The van der Waals surface area contributed by atoms with Gasteiger partial charge in [-0.15, -0.1) is 0 Å². The lowest BCUT2D eigenvalue weighted by atomic mass is 9.71. The van der Waals surface area contributed by atoms with Gasteiger partial charge in [0.2, 0.25) is 0 Å². The van der Waals surface area contributed by atoms with Crippen LogP contribution in [0.4, 0.5) is 0 Å². The van der Waals surface area contributed by atoms with Crippen LogP contribution in [0.25, 0.3) is 0 Å². The van der Waals surface area contributed by atoms with Crippen LogP contribution in [0.3, 0.4) is 0 Å². The number of benzene rings is 2. The molecule has 0 amide bonds. The van der Waals surface area contributed by atoms with E-state index in [1.165, 1.54) is 13.8 Å². The largest absolute Gasteiger partial charge is 0.316 e. The van der Waals surface area contributed by atoms with E-state index >= 15 is 0 Å². The van der Waals surface area contributed by atoms with Crippen molar-refractivity contribution in [2.45, 2.75) is 24.9 Å². The molecule has 0 spiro atoms. The van der Waals surface area contributed by atoms with E-state index in [2.05, 4.69) is 0 Å². The van der Waals surface area contributed by atoms with Gasteiger partial charge in [0.1, 0.15) is 0 Å². The van der Waals surface area contributed by atoms with Crippen LogP contribution in [0.5, 0.6) is 0 Å². The smallest absolute Gasteiger partial charge is 0.263 e. The number of rotatable bonds is 5. The fraction of sp³-hybridized carbons (Fsp3) is 0.250. The molecule has 22 heavy (non-hydrogen) atoms. The van der Waals surface area contributed by atoms with Gasteiger partial charge in [0, 0.05) is 34.8 Å². The lowest BCUT2D eigenvalue weighted by Crippen LogP contribution is -2.55. The van der Waals surface area contributed by atoms with Gasteiger partial charge in [-0.3, -0.25) is 20.2 Å². The van der Waals surface area contributed by atoms with Crippen molar-refractivity contribution in [1.29, 1.82) is 0 Å². The van der Waals surface area contributed by atoms with Crippen LogP contribution in [-0.2, 0) is 11.1 Å². The highest BCUT2D eigenvalue weighted by Crippen LogP contribution is 2.44. The molecule has 0 N–H and O–H groups in total. The van der Waals surface area contributed by atoms with Crippen molar-refractivity contribution in [2.24, 2.45) is 0 Å². The van der Waals surface area contributed by atoms with Crippen molar-refractivity contribution in [2.75, 3.05) is 0 Å². The first kappa shape index (κ1) is 15.6. The van der Waals surface area contributed by atoms with E-state index in [1.807, 2.05) is 0 Å². The van der Waals surface area contributed by atoms with E-state index in [0.717, 1.165) is 0 Å². The average Bonchev–Trinajstić information content (AvgIpc) is 2.54. The molecule has 2 unspecified atom stereocenters. The highest BCUT2D eigenvalue weighted by molar-refractivity contribution is 5.32. The Morgan fingerprint density at radius 2 is 0.955 bits per heavy atom. The summed E-state index contributed by atoms with van der Waals surface area (Å²) < 4.78 is 0. The summed E-state index contributed by atoms with van der Waals surface area (Å²) in [6.07, 6.45) is 0. The molecule has 0 fully saturated rings. The van der Waals surface area contributed by atoms with Gasteiger partial charge >= 0.3 is 11.1 Å². The molecule has 2 rings (SSSR count). The molecule has 0 saturated heterocycles. The SMILES string of the molecule is CC(c1ccccc1)([N+](=O)[O-])C(C)(c1ccccc1)[N+](=O)[O-]. The van der Waals surface area contributed by atoms with Crippen molar-refractivity contribution in [1.82, 2.24) is 0 Å². The van der Waals surface area contributed by atoms with Crippen LogP contribution in [0, 0.1) is 20.2 Å². The van der Waals surface area contributed by atoms with Gasteiger partial charge < -0.3 is 0 Å². The molecule has 0 heterocycles. The quantitative estimate of drug-likeness (QED) is 0.625. The molecule has 2 atom stereocenters. The fourth-order valence-corrected chi connectivity index (χ4v) is 2.65. The molecule has 0 radical (unpaired) electrons. The second-order valence-electron chi connectivity index (χ2n) is 5.39. The molecule has 114 valence electrons. The molecule has 0 aliphatic rings. The maximum absolute atomic E-state index is 11.8. The summed E-state index contributed by atoms with van der Waals surface area (Å²) >= 11 is 0. The molecule has 0 saturated carbocycles. The number of nitrogens with zero attached hydrogens (tertiary/aromatic N) is 2. The van der Waals surface area contributed by atoms with E-state index in [4.69, 9.17) is 0 Å². The summed E-state index contributed by atoms with van der Waals surface area (Å²) in [7, 11) is 0. The molecule has 2 aromatic carbocycles.